The molecule has 2 rings (SSSR count). The summed E-state index contributed by atoms with van der Waals surface area (Å²) in [6.07, 6.45) is 0. The zero-order valence-electron chi connectivity index (χ0n) is 12.1. The molecular formula is C17H20N2O2. The first-order valence-electron chi connectivity index (χ1n) is 6.94. The van der Waals surface area contributed by atoms with Gasteiger partial charge < -0.3 is 15.8 Å². The van der Waals surface area contributed by atoms with E-state index in [0.29, 0.717) is 24.5 Å². The molecule has 0 heterocycles. The van der Waals surface area contributed by atoms with Gasteiger partial charge in [0.1, 0.15) is 12.4 Å². The Balaban J connectivity index is 1.80. The zero-order valence-corrected chi connectivity index (χ0v) is 12.1. The van der Waals surface area contributed by atoms with Crippen molar-refractivity contribution in [2.45, 2.75) is 13.5 Å². The van der Waals surface area contributed by atoms with Gasteiger partial charge in [-0.3, -0.25) is 4.79 Å². The van der Waals surface area contributed by atoms with Crippen LogP contribution in [0.15, 0.2) is 48.5 Å². The molecule has 2 aromatic carbocycles. The van der Waals surface area contributed by atoms with Gasteiger partial charge in [-0.15, -0.1) is 0 Å². The summed E-state index contributed by atoms with van der Waals surface area (Å²) in [6, 6.07) is 15.6. The minimum Gasteiger partial charge on any atom is -0.491 e. The Morgan fingerprint density at radius 3 is 2.67 bits per heavy atom. The van der Waals surface area contributed by atoms with Crippen molar-refractivity contribution < 1.29 is 9.53 Å². The number of carbonyl (C=O) groups is 1. The van der Waals surface area contributed by atoms with E-state index in [2.05, 4.69) is 17.4 Å². The average molecular weight is 284 g/mol. The van der Waals surface area contributed by atoms with E-state index in [1.807, 2.05) is 31.2 Å². The van der Waals surface area contributed by atoms with Gasteiger partial charge in [-0.05, 0) is 24.6 Å². The van der Waals surface area contributed by atoms with Crippen molar-refractivity contribution in [2.24, 2.45) is 5.73 Å². The van der Waals surface area contributed by atoms with Gasteiger partial charge in [0.05, 0.1) is 5.56 Å². The first-order chi connectivity index (χ1) is 10.2. The fourth-order valence-electron chi connectivity index (χ4n) is 2.02. The normalized spacial score (nSPS) is 10.3. The lowest BCUT2D eigenvalue weighted by atomic mass is 10.1. The molecule has 2 aromatic rings. The Kier molecular flexibility index (Phi) is 5.35. The molecule has 4 nitrogen and oxygen atoms in total. The Bertz CT molecular complexity index is 597. The van der Waals surface area contributed by atoms with E-state index < -0.39 is 5.91 Å². The summed E-state index contributed by atoms with van der Waals surface area (Å²) in [5, 5.41) is 3.29. The lowest BCUT2D eigenvalue weighted by Gasteiger charge is -2.11. The quantitative estimate of drug-likeness (QED) is 0.767. The van der Waals surface area contributed by atoms with Gasteiger partial charge in [-0.1, -0.05) is 42.0 Å². The number of carbonyl (C=O) groups excluding carboxylic acids is 1. The number of primary amides is 1. The van der Waals surface area contributed by atoms with E-state index in [1.165, 1.54) is 5.56 Å². The standard InChI is InChI=1S/C17H20N2O2/c1-13-7-8-16(15(11-13)17(18)20)21-10-9-19-12-14-5-3-2-4-6-14/h2-8,11,19H,9-10,12H2,1H3,(H2,18,20). The fraction of sp³-hybridized carbons (Fsp3) is 0.235. The second-order valence-electron chi connectivity index (χ2n) is 4.87. The van der Waals surface area contributed by atoms with Crippen LogP contribution in [0.4, 0.5) is 0 Å². The van der Waals surface area contributed by atoms with Crippen molar-refractivity contribution in [2.75, 3.05) is 13.2 Å². The summed E-state index contributed by atoms with van der Waals surface area (Å²) >= 11 is 0. The predicted octanol–water partition coefficient (Wildman–Crippen LogP) is 2.26. The zero-order chi connectivity index (χ0) is 15.1. The van der Waals surface area contributed by atoms with Crippen LogP contribution in [0.5, 0.6) is 5.75 Å². The maximum absolute atomic E-state index is 11.4. The number of rotatable bonds is 7. The van der Waals surface area contributed by atoms with Crippen molar-refractivity contribution in [3.8, 4) is 5.75 Å². The van der Waals surface area contributed by atoms with Crippen LogP contribution >= 0.6 is 0 Å². The van der Waals surface area contributed by atoms with E-state index >= 15 is 0 Å². The molecule has 0 aliphatic rings. The van der Waals surface area contributed by atoms with Crippen LogP contribution in [0, 0.1) is 6.92 Å². The number of hydrogen-bond donors (Lipinski definition) is 2. The molecule has 110 valence electrons. The number of amides is 1. The number of hydrogen-bond acceptors (Lipinski definition) is 3. The molecule has 0 spiro atoms. The summed E-state index contributed by atoms with van der Waals surface area (Å²) in [7, 11) is 0. The van der Waals surface area contributed by atoms with Crippen LogP contribution in [0.1, 0.15) is 21.5 Å². The number of benzene rings is 2. The van der Waals surface area contributed by atoms with Crippen LogP contribution in [0.25, 0.3) is 0 Å². The lowest BCUT2D eigenvalue weighted by molar-refractivity contribution is 0.0996. The second-order valence-corrected chi connectivity index (χ2v) is 4.87. The third kappa shape index (κ3) is 4.61. The van der Waals surface area contributed by atoms with Crippen LogP contribution in [0.2, 0.25) is 0 Å². The Morgan fingerprint density at radius 1 is 1.19 bits per heavy atom. The molecule has 0 unspecified atom stereocenters. The second kappa shape index (κ2) is 7.45. The van der Waals surface area contributed by atoms with Gasteiger partial charge in [-0.25, -0.2) is 0 Å². The van der Waals surface area contributed by atoms with Crippen molar-refractivity contribution in [3.63, 3.8) is 0 Å². The van der Waals surface area contributed by atoms with Crippen molar-refractivity contribution in [1.29, 1.82) is 0 Å². The van der Waals surface area contributed by atoms with Gasteiger partial charge in [0.15, 0.2) is 0 Å². The molecule has 1 amide bonds. The molecule has 4 heteroatoms. The molecule has 0 saturated heterocycles. The number of nitrogens with two attached hydrogens (primary N) is 1. The smallest absolute Gasteiger partial charge is 0.252 e. The molecule has 21 heavy (non-hydrogen) atoms. The van der Waals surface area contributed by atoms with Gasteiger partial charge in [0.25, 0.3) is 5.91 Å². The Hall–Kier alpha value is -2.33. The summed E-state index contributed by atoms with van der Waals surface area (Å²) in [5.41, 5.74) is 8.00. The fourth-order valence-corrected chi connectivity index (χ4v) is 2.02. The van der Waals surface area contributed by atoms with Crippen LogP contribution < -0.4 is 15.8 Å². The molecule has 0 aromatic heterocycles. The van der Waals surface area contributed by atoms with Crippen LogP contribution in [-0.2, 0) is 6.54 Å². The highest BCUT2D eigenvalue weighted by molar-refractivity contribution is 5.95. The van der Waals surface area contributed by atoms with E-state index in [4.69, 9.17) is 10.5 Å². The molecule has 0 bridgehead atoms. The predicted molar refractivity (Wildman–Crippen MR) is 83.3 cm³/mol. The molecular weight excluding hydrogens is 264 g/mol. The minimum absolute atomic E-state index is 0.429. The third-order valence-corrected chi connectivity index (χ3v) is 3.11. The van der Waals surface area contributed by atoms with Crippen LogP contribution in [-0.4, -0.2) is 19.1 Å². The van der Waals surface area contributed by atoms with E-state index in [9.17, 15) is 4.79 Å². The average Bonchev–Trinajstić information content (AvgIpc) is 2.49. The third-order valence-electron chi connectivity index (χ3n) is 3.11. The molecule has 3 N–H and O–H groups in total. The van der Waals surface area contributed by atoms with E-state index in [1.54, 1.807) is 12.1 Å². The maximum Gasteiger partial charge on any atom is 0.252 e. The Labute approximate surface area is 124 Å². The SMILES string of the molecule is Cc1ccc(OCCNCc2ccccc2)c(C(N)=O)c1. The Morgan fingerprint density at radius 2 is 1.95 bits per heavy atom. The molecule has 0 fully saturated rings. The van der Waals surface area contributed by atoms with E-state index in [0.717, 1.165) is 12.1 Å². The van der Waals surface area contributed by atoms with Crippen molar-refractivity contribution in [1.82, 2.24) is 5.32 Å². The summed E-state index contributed by atoms with van der Waals surface area (Å²) in [6.45, 7) is 3.88. The topological polar surface area (TPSA) is 64.3 Å². The molecule has 0 atom stereocenters. The lowest BCUT2D eigenvalue weighted by Crippen LogP contribution is -2.21. The van der Waals surface area contributed by atoms with E-state index in [-0.39, 0.29) is 0 Å². The number of ether oxygens (including phenoxy) is 1. The highest BCUT2D eigenvalue weighted by Crippen LogP contribution is 2.19. The summed E-state index contributed by atoms with van der Waals surface area (Å²) < 4.78 is 5.63. The number of nitrogens with one attached hydrogen (secondary N) is 1. The van der Waals surface area contributed by atoms with Crippen molar-refractivity contribution >= 4 is 5.91 Å². The van der Waals surface area contributed by atoms with Gasteiger partial charge in [0, 0.05) is 13.1 Å². The largest absolute Gasteiger partial charge is 0.491 e. The highest BCUT2D eigenvalue weighted by atomic mass is 16.5. The first-order valence-corrected chi connectivity index (χ1v) is 6.94. The summed E-state index contributed by atoms with van der Waals surface area (Å²) in [4.78, 5) is 11.4. The van der Waals surface area contributed by atoms with Gasteiger partial charge in [-0.2, -0.15) is 0 Å². The minimum atomic E-state index is -0.467. The summed E-state index contributed by atoms with van der Waals surface area (Å²) in [5.74, 6) is 0.0700. The van der Waals surface area contributed by atoms with Gasteiger partial charge >= 0.3 is 0 Å². The molecule has 0 radical (unpaired) electrons. The van der Waals surface area contributed by atoms with Gasteiger partial charge in [0.2, 0.25) is 0 Å². The first kappa shape index (κ1) is 15.1. The maximum atomic E-state index is 11.4. The molecule has 0 aliphatic carbocycles. The molecule has 0 saturated carbocycles. The number of aryl methyl sites for hydroxylation is 1. The highest BCUT2D eigenvalue weighted by Gasteiger charge is 2.09. The van der Waals surface area contributed by atoms with Crippen LogP contribution in [0.3, 0.4) is 0 Å². The van der Waals surface area contributed by atoms with Crippen molar-refractivity contribution in [3.05, 3.63) is 65.2 Å². The molecule has 0 aliphatic heterocycles. The monoisotopic (exact) mass is 284 g/mol.